The SMILES string of the molecule is CC1(CNc2cc(N)nc(N)n2)CC1. The van der Waals surface area contributed by atoms with Gasteiger partial charge in [0.2, 0.25) is 5.95 Å². The van der Waals surface area contributed by atoms with Crippen LogP contribution in [0.3, 0.4) is 0 Å². The predicted molar refractivity (Wildman–Crippen MR) is 56.7 cm³/mol. The molecule has 1 aliphatic carbocycles. The summed E-state index contributed by atoms with van der Waals surface area (Å²) in [6.45, 7) is 3.16. The number of anilines is 3. The molecule has 0 spiro atoms. The van der Waals surface area contributed by atoms with Crippen molar-refractivity contribution in [3.63, 3.8) is 0 Å². The van der Waals surface area contributed by atoms with Crippen molar-refractivity contribution in [2.45, 2.75) is 19.8 Å². The second-order valence-electron chi connectivity index (χ2n) is 4.20. The van der Waals surface area contributed by atoms with Crippen molar-refractivity contribution in [1.82, 2.24) is 9.97 Å². The van der Waals surface area contributed by atoms with Crippen LogP contribution in [0.2, 0.25) is 0 Å². The van der Waals surface area contributed by atoms with Gasteiger partial charge in [-0.3, -0.25) is 0 Å². The summed E-state index contributed by atoms with van der Waals surface area (Å²) in [7, 11) is 0. The fraction of sp³-hybridized carbons (Fsp3) is 0.556. The van der Waals surface area contributed by atoms with Crippen molar-refractivity contribution in [3.05, 3.63) is 6.07 Å². The molecule has 76 valence electrons. The third kappa shape index (κ3) is 2.04. The Morgan fingerprint density at radius 1 is 1.43 bits per heavy atom. The number of rotatable bonds is 3. The molecule has 0 unspecified atom stereocenters. The largest absolute Gasteiger partial charge is 0.383 e. The Labute approximate surface area is 82.9 Å². The van der Waals surface area contributed by atoms with Crippen molar-refractivity contribution in [1.29, 1.82) is 0 Å². The summed E-state index contributed by atoms with van der Waals surface area (Å²) in [4.78, 5) is 7.84. The van der Waals surface area contributed by atoms with Crippen LogP contribution in [0.15, 0.2) is 6.07 Å². The molecular weight excluding hydrogens is 178 g/mol. The van der Waals surface area contributed by atoms with Gasteiger partial charge in [0, 0.05) is 12.6 Å². The second kappa shape index (κ2) is 3.01. The Hall–Kier alpha value is -1.52. The minimum Gasteiger partial charge on any atom is -0.383 e. The zero-order valence-corrected chi connectivity index (χ0v) is 8.25. The lowest BCUT2D eigenvalue weighted by molar-refractivity contribution is 0.609. The van der Waals surface area contributed by atoms with Crippen LogP contribution in [0.4, 0.5) is 17.6 Å². The maximum absolute atomic E-state index is 5.54. The smallest absolute Gasteiger partial charge is 0.223 e. The average molecular weight is 193 g/mol. The van der Waals surface area contributed by atoms with Gasteiger partial charge in [-0.2, -0.15) is 9.97 Å². The first kappa shape index (κ1) is 9.05. The van der Waals surface area contributed by atoms with Crippen LogP contribution in [0.1, 0.15) is 19.8 Å². The standard InChI is InChI=1S/C9H15N5/c1-9(2-3-9)5-12-7-4-6(10)13-8(11)14-7/h4H,2-3,5H2,1H3,(H5,10,11,12,13,14). The molecule has 1 aromatic heterocycles. The normalized spacial score (nSPS) is 17.8. The molecular formula is C9H15N5. The van der Waals surface area contributed by atoms with Crippen molar-refractivity contribution in [3.8, 4) is 0 Å². The Morgan fingerprint density at radius 2 is 2.14 bits per heavy atom. The summed E-state index contributed by atoms with van der Waals surface area (Å²) in [6, 6.07) is 1.70. The molecule has 0 saturated heterocycles. The predicted octanol–water partition coefficient (Wildman–Crippen LogP) is 0.853. The summed E-state index contributed by atoms with van der Waals surface area (Å²) in [6.07, 6.45) is 2.55. The van der Waals surface area contributed by atoms with Gasteiger partial charge < -0.3 is 16.8 Å². The van der Waals surface area contributed by atoms with Crippen LogP contribution in [0.5, 0.6) is 0 Å². The second-order valence-corrected chi connectivity index (χ2v) is 4.20. The highest BCUT2D eigenvalue weighted by Gasteiger charge is 2.36. The molecule has 2 rings (SSSR count). The van der Waals surface area contributed by atoms with E-state index < -0.39 is 0 Å². The average Bonchev–Trinajstić information content (AvgIpc) is 2.80. The van der Waals surface area contributed by atoms with Gasteiger partial charge in [-0.25, -0.2) is 0 Å². The summed E-state index contributed by atoms with van der Waals surface area (Å²) < 4.78 is 0. The number of nitrogens with zero attached hydrogens (tertiary/aromatic N) is 2. The zero-order valence-electron chi connectivity index (χ0n) is 8.25. The fourth-order valence-electron chi connectivity index (χ4n) is 1.27. The summed E-state index contributed by atoms with van der Waals surface area (Å²) >= 11 is 0. The van der Waals surface area contributed by atoms with Crippen molar-refractivity contribution < 1.29 is 0 Å². The van der Waals surface area contributed by atoms with Crippen LogP contribution in [-0.4, -0.2) is 16.5 Å². The van der Waals surface area contributed by atoms with Gasteiger partial charge in [-0.1, -0.05) is 6.92 Å². The van der Waals surface area contributed by atoms with E-state index in [4.69, 9.17) is 11.5 Å². The van der Waals surface area contributed by atoms with Gasteiger partial charge in [0.1, 0.15) is 11.6 Å². The number of hydrogen-bond donors (Lipinski definition) is 3. The molecule has 5 N–H and O–H groups in total. The van der Waals surface area contributed by atoms with E-state index in [1.165, 1.54) is 12.8 Å². The minimum absolute atomic E-state index is 0.216. The monoisotopic (exact) mass is 193 g/mol. The summed E-state index contributed by atoms with van der Waals surface area (Å²) in [5.41, 5.74) is 11.5. The van der Waals surface area contributed by atoms with Crippen molar-refractivity contribution >= 4 is 17.6 Å². The molecule has 1 fully saturated rings. The Kier molecular flexibility index (Phi) is 1.94. The van der Waals surface area contributed by atoms with Crippen LogP contribution in [0, 0.1) is 5.41 Å². The van der Waals surface area contributed by atoms with Gasteiger partial charge >= 0.3 is 0 Å². The van der Waals surface area contributed by atoms with E-state index in [0.29, 0.717) is 17.1 Å². The molecule has 5 heteroatoms. The van der Waals surface area contributed by atoms with Gasteiger partial charge in [-0.15, -0.1) is 0 Å². The molecule has 0 atom stereocenters. The van der Waals surface area contributed by atoms with Gasteiger partial charge in [0.05, 0.1) is 0 Å². The van der Waals surface area contributed by atoms with Crippen LogP contribution >= 0.6 is 0 Å². The van der Waals surface area contributed by atoms with Gasteiger partial charge in [0.25, 0.3) is 0 Å². The molecule has 0 radical (unpaired) electrons. The molecule has 0 aliphatic heterocycles. The van der Waals surface area contributed by atoms with Gasteiger partial charge in [-0.05, 0) is 18.3 Å². The number of nitrogens with one attached hydrogen (secondary N) is 1. The fourth-order valence-corrected chi connectivity index (χ4v) is 1.27. The van der Waals surface area contributed by atoms with E-state index in [9.17, 15) is 0 Å². The lowest BCUT2D eigenvalue weighted by Gasteiger charge is -2.10. The molecule has 1 heterocycles. The highest BCUT2D eigenvalue weighted by atomic mass is 15.1. The van der Waals surface area contributed by atoms with Crippen LogP contribution in [-0.2, 0) is 0 Å². The maximum Gasteiger partial charge on any atom is 0.223 e. The molecule has 1 aromatic rings. The van der Waals surface area contributed by atoms with E-state index in [0.717, 1.165) is 6.54 Å². The topological polar surface area (TPSA) is 89.8 Å². The van der Waals surface area contributed by atoms with E-state index >= 15 is 0 Å². The number of aromatic nitrogens is 2. The number of nitrogen functional groups attached to an aromatic ring is 2. The molecule has 0 amide bonds. The molecule has 5 nitrogen and oxygen atoms in total. The van der Waals surface area contributed by atoms with E-state index in [2.05, 4.69) is 22.2 Å². The van der Waals surface area contributed by atoms with Gasteiger partial charge in [0.15, 0.2) is 0 Å². The highest BCUT2D eigenvalue weighted by molar-refractivity contribution is 5.48. The zero-order chi connectivity index (χ0) is 10.2. The first-order chi connectivity index (χ1) is 6.57. The Morgan fingerprint density at radius 3 is 2.71 bits per heavy atom. The van der Waals surface area contributed by atoms with Crippen LogP contribution < -0.4 is 16.8 Å². The first-order valence-corrected chi connectivity index (χ1v) is 4.71. The van der Waals surface area contributed by atoms with Crippen LogP contribution in [0.25, 0.3) is 0 Å². The third-order valence-corrected chi connectivity index (χ3v) is 2.56. The molecule has 1 saturated carbocycles. The van der Waals surface area contributed by atoms with Crippen molar-refractivity contribution in [2.75, 3.05) is 23.3 Å². The number of nitrogens with two attached hydrogens (primary N) is 2. The lowest BCUT2D eigenvalue weighted by atomic mass is 10.1. The number of hydrogen-bond acceptors (Lipinski definition) is 5. The Balaban J connectivity index is 2.01. The summed E-state index contributed by atoms with van der Waals surface area (Å²) in [5, 5.41) is 3.22. The molecule has 1 aliphatic rings. The molecule has 0 bridgehead atoms. The molecule has 0 aromatic carbocycles. The van der Waals surface area contributed by atoms with E-state index in [-0.39, 0.29) is 5.95 Å². The quantitative estimate of drug-likeness (QED) is 0.662. The minimum atomic E-state index is 0.216. The van der Waals surface area contributed by atoms with Crippen molar-refractivity contribution in [2.24, 2.45) is 5.41 Å². The lowest BCUT2D eigenvalue weighted by Crippen LogP contribution is -2.13. The first-order valence-electron chi connectivity index (χ1n) is 4.71. The summed E-state index contributed by atoms with van der Waals surface area (Å²) in [5.74, 6) is 1.33. The maximum atomic E-state index is 5.54. The Bertz CT molecular complexity index is 325. The third-order valence-electron chi connectivity index (χ3n) is 2.56. The molecule has 14 heavy (non-hydrogen) atoms. The highest BCUT2D eigenvalue weighted by Crippen LogP contribution is 2.44. The van der Waals surface area contributed by atoms with E-state index in [1.807, 2.05) is 0 Å². The van der Waals surface area contributed by atoms with E-state index in [1.54, 1.807) is 6.07 Å².